The van der Waals surface area contributed by atoms with Crippen LogP contribution in [-0.2, 0) is 6.42 Å². The van der Waals surface area contributed by atoms with Crippen molar-refractivity contribution in [1.29, 1.82) is 0 Å². The molecule has 0 radical (unpaired) electrons. The van der Waals surface area contributed by atoms with Crippen molar-refractivity contribution in [3.63, 3.8) is 0 Å². The molecule has 1 aliphatic carbocycles. The predicted molar refractivity (Wildman–Crippen MR) is 78.4 cm³/mol. The number of Topliss-reactive ketones (excluding diaryl/α,β-unsaturated/α-hetero) is 1. The summed E-state index contributed by atoms with van der Waals surface area (Å²) in [7, 11) is 0. The van der Waals surface area contributed by atoms with Gasteiger partial charge in [-0.3, -0.25) is 4.79 Å². The van der Waals surface area contributed by atoms with Crippen molar-refractivity contribution in [2.24, 2.45) is 0 Å². The topological polar surface area (TPSA) is 17.1 Å². The lowest BCUT2D eigenvalue weighted by atomic mass is 10.0. The Kier molecular flexibility index (Phi) is 2.83. The molecule has 2 aromatic carbocycles. The van der Waals surface area contributed by atoms with Gasteiger partial charge in [-0.05, 0) is 36.6 Å². The Bertz CT molecular complexity index is 693. The van der Waals surface area contributed by atoms with E-state index in [4.69, 9.17) is 0 Å². The summed E-state index contributed by atoms with van der Waals surface area (Å²) in [5.41, 5.74) is 6.51. The van der Waals surface area contributed by atoms with Crippen molar-refractivity contribution in [3.05, 3.63) is 75.9 Å². The van der Waals surface area contributed by atoms with Gasteiger partial charge in [-0.15, -0.1) is 0 Å². The molecule has 0 amide bonds. The molecule has 3 rings (SSSR count). The van der Waals surface area contributed by atoms with Gasteiger partial charge in [-0.2, -0.15) is 0 Å². The summed E-state index contributed by atoms with van der Waals surface area (Å²) in [5, 5.41) is 0. The van der Waals surface area contributed by atoms with Crippen molar-refractivity contribution in [3.8, 4) is 0 Å². The van der Waals surface area contributed by atoms with Crippen LogP contribution in [0.4, 0.5) is 0 Å². The van der Waals surface area contributed by atoms with Crippen molar-refractivity contribution >= 4 is 11.9 Å². The minimum absolute atomic E-state index is 0.176. The van der Waals surface area contributed by atoms with Crippen LogP contribution in [0.2, 0.25) is 0 Å². The summed E-state index contributed by atoms with van der Waals surface area (Å²) in [6, 6.07) is 14.2. The lowest BCUT2D eigenvalue weighted by molar-refractivity contribution is 0.104. The van der Waals surface area contributed by atoms with E-state index in [0.717, 1.165) is 28.7 Å². The number of carbonyl (C=O) groups is 1. The molecule has 0 atom stereocenters. The Hall–Kier alpha value is -2.15. The Labute approximate surface area is 113 Å². The van der Waals surface area contributed by atoms with Crippen molar-refractivity contribution < 1.29 is 4.79 Å². The van der Waals surface area contributed by atoms with E-state index in [0.29, 0.717) is 0 Å². The maximum atomic E-state index is 12.3. The summed E-state index contributed by atoms with van der Waals surface area (Å²) < 4.78 is 0. The fourth-order valence-electron chi connectivity index (χ4n) is 2.65. The Morgan fingerprint density at radius 2 is 1.84 bits per heavy atom. The smallest absolute Gasteiger partial charge is 0.189 e. The van der Waals surface area contributed by atoms with E-state index in [2.05, 4.69) is 32.0 Å². The van der Waals surface area contributed by atoms with Crippen LogP contribution >= 0.6 is 0 Å². The fourth-order valence-corrected chi connectivity index (χ4v) is 2.65. The molecule has 1 aliphatic rings. The minimum Gasteiger partial charge on any atom is -0.289 e. The van der Waals surface area contributed by atoms with Crippen LogP contribution in [-0.4, -0.2) is 5.78 Å². The zero-order chi connectivity index (χ0) is 13.4. The molecule has 0 N–H and O–H groups in total. The fraction of sp³-hybridized carbons (Fsp3) is 0.167. The first-order valence-electron chi connectivity index (χ1n) is 6.55. The Balaban J connectivity index is 2.01. The highest BCUT2D eigenvalue weighted by Crippen LogP contribution is 2.28. The lowest BCUT2D eigenvalue weighted by Crippen LogP contribution is -1.95. The third-order valence-electron chi connectivity index (χ3n) is 3.69. The molecule has 0 spiro atoms. The molecular formula is C18H16O. The molecule has 0 fully saturated rings. The first-order valence-corrected chi connectivity index (χ1v) is 6.55. The standard InChI is InChI=1S/C18H16O/c1-12-7-8-14(13(2)9-12)10-16-11-15-5-3-4-6-17(15)18(16)19/h3-10H,11H2,1-2H3/b16-10+. The van der Waals surface area contributed by atoms with Crippen LogP contribution < -0.4 is 0 Å². The Morgan fingerprint density at radius 3 is 2.58 bits per heavy atom. The number of allylic oxidation sites excluding steroid dienone is 1. The second-order valence-corrected chi connectivity index (χ2v) is 5.19. The average Bonchev–Trinajstić information content (AvgIpc) is 2.70. The summed E-state index contributed by atoms with van der Waals surface area (Å²) in [6.07, 6.45) is 2.79. The monoisotopic (exact) mass is 248 g/mol. The predicted octanol–water partition coefficient (Wildman–Crippen LogP) is 4.13. The van der Waals surface area contributed by atoms with Crippen molar-refractivity contribution in [2.45, 2.75) is 20.3 Å². The molecule has 0 saturated heterocycles. The molecule has 19 heavy (non-hydrogen) atoms. The number of hydrogen-bond donors (Lipinski definition) is 0. The van der Waals surface area contributed by atoms with Gasteiger partial charge < -0.3 is 0 Å². The molecular weight excluding hydrogens is 232 g/mol. The number of ketones is 1. The van der Waals surface area contributed by atoms with Gasteiger partial charge in [0.1, 0.15) is 0 Å². The largest absolute Gasteiger partial charge is 0.289 e. The molecule has 0 heterocycles. The number of benzene rings is 2. The second-order valence-electron chi connectivity index (χ2n) is 5.19. The van der Waals surface area contributed by atoms with Gasteiger partial charge in [0.15, 0.2) is 5.78 Å². The quantitative estimate of drug-likeness (QED) is 0.694. The van der Waals surface area contributed by atoms with Gasteiger partial charge in [-0.1, -0.05) is 48.0 Å². The van der Waals surface area contributed by atoms with E-state index in [1.54, 1.807) is 0 Å². The average molecular weight is 248 g/mol. The summed E-state index contributed by atoms with van der Waals surface area (Å²) in [6.45, 7) is 4.17. The maximum Gasteiger partial charge on any atom is 0.189 e. The zero-order valence-electron chi connectivity index (χ0n) is 11.2. The highest BCUT2D eigenvalue weighted by Gasteiger charge is 2.23. The van der Waals surface area contributed by atoms with Crippen LogP contribution in [0.5, 0.6) is 0 Å². The first kappa shape index (κ1) is 11.9. The van der Waals surface area contributed by atoms with Gasteiger partial charge in [0.2, 0.25) is 0 Å². The Morgan fingerprint density at radius 1 is 1.05 bits per heavy atom. The normalized spacial score (nSPS) is 15.9. The highest BCUT2D eigenvalue weighted by atomic mass is 16.1. The minimum atomic E-state index is 0.176. The first-order chi connectivity index (χ1) is 9.15. The van der Waals surface area contributed by atoms with Gasteiger partial charge in [0.25, 0.3) is 0 Å². The number of hydrogen-bond acceptors (Lipinski definition) is 1. The number of fused-ring (bicyclic) bond motifs is 1. The molecule has 0 aromatic heterocycles. The molecule has 0 bridgehead atoms. The number of carbonyl (C=O) groups excluding carboxylic acids is 1. The van der Waals surface area contributed by atoms with Gasteiger partial charge in [-0.25, -0.2) is 0 Å². The molecule has 0 saturated carbocycles. The third kappa shape index (κ3) is 2.12. The molecule has 2 aromatic rings. The molecule has 0 unspecified atom stereocenters. The third-order valence-corrected chi connectivity index (χ3v) is 3.69. The van der Waals surface area contributed by atoms with Crippen molar-refractivity contribution in [2.75, 3.05) is 0 Å². The second kappa shape index (κ2) is 4.51. The van der Waals surface area contributed by atoms with Gasteiger partial charge in [0.05, 0.1) is 0 Å². The lowest BCUT2D eigenvalue weighted by Gasteiger charge is -2.03. The molecule has 94 valence electrons. The van der Waals surface area contributed by atoms with E-state index in [-0.39, 0.29) is 5.78 Å². The SMILES string of the molecule is Cc1ccc(/C=C2\Cc3ccccc3C2=O)c(C)c1. The highest BCUT2D eigenvalue weighted by molar-refractivity contribution is 6.15. The van der Waals surface area contributed by atoms with Crippen LogP contribution in [0.1, 0.15) is 32.6 Å². The van der Waals surface area contributed by atoms with E-state index in [1.807, 2.05) is 30.3 Å². The summed E-state index contributed by atoms with van der Waals surface area (Å²) >= 11 is 0. The van der Waals surface area contributed by atoms with Gasteiger partial charge >= 0.3 is 0 Å². The van der Waals surface area contributed by atoms with E-state index < -0.39 is 0 Å². The molecule has 0 aliphatic heterocycles. The molecule has 1 nitrogen and oxygen atoms in total. The maximum absolute atomic E-state index is 12.3. The number of aryl methyl sites for hydroxylation is 2. The van der Waals surface area contributed by atoms with E-state index >= 15 is 0 Å². The molecule has 1 heteroatoms. The van der Waals surface area contributed by atoms with Crippen LogP contribution in [0, 0.1) is 13.8 Å². The van der Waals surface area contributed by atoms with E-state index in [1.165, 1.54) is 11.1 Å². The van der Waals surface area contributed by atoms with Gasteiger partial charge in [0, 0.05) is 17.6 Å². The van der Waals surface area contributed by atoms with Crippen LogP contribution in [0.15, 0.2) is 48.0 Å². The summed E-state index contributed by atoms with van der Waals surface area (Å²) in [4.78, 5) is 12.3. The van der Waals surface area contributed by atoms with Crippen LogP contribution in [0.25, 0.3) is 6.08 Å². The summed E-state index contributed by atoms with van der Waals surface area (Å²) in [5.74, 6) is 0.176. The van der Waals surface area contributed by atoms with Crippen LogP contribution in [0.3, 0.4) is 0 Å². The zero-order valence-corrected chi connectivity index (χ0v) is 11.2. The van der Waals surface area contributed by atoms with Crippen molar-refractivity contribution in [1.82, 2.24) is 0 Å². The van der Waals surface area contributed by atoms with E-state index in [9.17, 15) is 4.79 Å². The number of rotatable bonds is 1.